The molecule has 0 aliphatic carbocycles. The molecule has 6 heteroatoms. The maximum atomic E-state index is 5.27. The van der Waals surface area contributed by atoms with Crippen molar-refractivity contribution in [1.82, 2.24) is 19.9 Å². The smallest absolute Gasteiger partial charge is 0.246 e. The molecule has 0 atom stereocenters. The lowest BCUT2D eigenvalue weighted by Gasteiger charge is -2.04. The van der Waals surface area contributed by atoms with Gasteiger partial charge in [-0.25, -0.2) is 4.98 Å². The molecule has 0 saturated heterocycles. The summed E-state index contributed by atoms with van der Waals surface area (Å²) in [5.74, 6) is 3.22. The van der Waals surface area contributed by atoms with E-state index in [2.05, 4.69) is 31.2 Å². The van der Waals surface area contributed by atoms with Crippen LogP contribution >= 0.6 is 0 Å². The van der Waals surface area contributed by atoms with Crippen LogP contribution in [0.5, 0.6) is 5.88 Å². The number of terminal acetylenes is 1. The van der Waals surface area contributed by atoms with Crippen molar-refractivity contribution in [3.8, 4) is 18.2 Å². The molecule has 6 nitrogen and oxygen atoms in total. The van der Waals surface area contributed by atoms with Crippen molar-refractivity contribution in [2.24, 2.45) is 0 Å². The summed E-state index contributed by atoms with van der Waals surface area (Å²) in [6.45, 7) is 0.161. The van der Waals surface area contributed by atoms with Crippen molar-refractivity contribution < 1.29 is 4.74 Å². The highest BCUT2D eigenvalue weighted by molar-refractivity contribution is 5.76. The number of aromatic amines is 1. The Labute approximate surface area is 86.1 Å². The molecule has 15 heavy (non-hydrogen) atoms. The minimum Gasteiger partial charge on any atom is -0.463 e. The van der Waals surface area contributed by atoms with Crippen molar-refractivity contribution in [2.45, 2.75) is 0 Å². The second kappa shape index (κ2) is 3.84. The average molecular weight is 203 g/mol. The summed E-state index contributed by atoms with van der Waals surface area (Å²) in [5.41, 5.74) is 1.19. The van der Waals surface area contributed by atoms with Gasteiger partial charge in [0.1, 0.15) is 5.52 Å². The predicted octanol–water partition coefficient (Wildman–Crippen LogP) is 0.407. The van der Waals surface area contributed by atoms with Gasteiger partial charge in [0.15, 0.2) is 12.3 Å². The number of imidazole rings is 1. The number of nitrogens with zero attached hydrogens (tertiary/aromatic N) is 3. The molecule has 0 aromatic carbocycles. The molecule has 0 saturated carbocycles. The molecule has 0 unspecified atom stereocenters. The first-order valence-electron chi connectivity index (χ1n) is 4.30. The summed E-state index contributed by atoms with van der Waals surface area (Å²) >= 11 is 0. The third-order valence-electron chi connectivity index (χ3n) is 1.77. The van der Waals surface area contributed by atoms with Crippen LogP contribution in [0, 0.1) is 12.3 Å². The molecule has 76 valence electrons. The van der Waals surface area contributed by atoms with E-state index >= 15 is 0 Å². The van der Waals surface area contributed by atoms with E-state index in [4.69, 9.17) is 11.2 Å². The number of fused-ring (bicyclic) bond motifs is 1. The predicted molar refractivity (Wildman–Crippen MR) is 55.6 cm³/mol. The van der Waals surface area contributed by atoms with Crippen LogP contribution in [0.15, 0.2) is 6.33 Å². The molecule has 0 amide bonds. The van der Waals surface area contributed by atoms with Crippen molar-refractivity contribution in [3.05, 3.63) is 6.33 Å². The lowest BCUT2D eigenvalue weighted by Crippen LogP contribution is -2.02. The fraction of sp³-hybridized carbons (Fsp3) is 0.222. The minimum atomic E-state index is 0.161. The maximum absolute atomic E-state index is 5.27. The Bertz CT molecular complexity index is 513. The normalized spacial score (nSPS) is 9.87. The van der Waals surface area contributed by atoms with Crippen LogP contribution in [-0.4, -0.2) is 33.6 Å². The number of anilines is 1. The lowest BCUT2D eigenvalue weighted by molar-refractivity contribution is 0.359. The van der Waals surface area contributed by atoms with Gasteiger partial charge < -0.3 is 15.0 Å². The topological polar surface area (TPSA) is 75.7 Å². The zero-order valence-electron chi connectivity index (χ0n) is 8.11. The average Bonchev–Trinajstić information content (AvgIpc) is 2.73. The molecule has 2 rings (SSSR count). The van der Waals surface area contributed by atoms with E-state index in [1.165, 1.54) is 6.33 Å². The first-order chi connectivity index (χ1) is 7.35. The molecular formula is C9H9N5O. The van der Waals surface area contributed by atoms with E-state index in [0.717, 1.165) is 0 Å². The van der Waals surface area contributed by atoms with Crippen molar-refractivity contribution in [3.63, 3.8) is 0 Å². The second-order valence-electron chi connectivity index (χ2n) is 2.70. The Balaban J connectivity index is 2.49. The fourth-order valence-electron chi connectivity index (χ4n) is 1.13. The van der Waals surface area contributed by atoms with Gasteiger partial charge in [-0.15, -0.1) is 6.42 Å². The standard InChI is InChI=1S/C9H9N5O/c1-3-4-15-8-6-7(12-5-11-6)13-9(10-2)14-8/h1,5H,4H2,2H3,(H2,10,11,12,13,14). The summed E-state index contributed by atoms with van der Waals surface area (Å²) in [5, 5.41) is 2.82. The van der Waals surface area contributed by atoms with Crippen LogP contribution in [0.3, 0.4) is 0 Å². The minimum absolute atomic E-state index is 0.161. The Morgan fingerprint density at radius 3 is 3.20 bits per heavy atom. The highest BCUT2D eigenvalue weighted by Gasteiger charge is 2.09. The molecule has 0 bridgehead atoms. The summed E-state index contributed by atoms with van der Waals surface area (Å²) in [6.07, 6.45) is 6.64. The van der Waals surface area contributed by atoms with Gasteiger partial charge in [-0.05, 0) is 0 Å². The molecule has 0 aliphatic heterocycles. The van der Waals surface area contributed by atoms with E-state index in [1.807, 2.05) is 0 Å². The molecule has 2 aromatic rings. The molecule has 2 N–H and O–H groups in total. The van der Waals surface area contributed by atoms with Gasteiger partial charge in [0.05, 0.1) is 6.33 Å². The van der Waals surface area contributed by atoms with Crippen LogP contribution in [0.4, 0.5) is 5.95 Å². The number of hydrogen-bond acceptors (Lipinski definition) is 5. The monoisotopic (exact) mass is 203 g/mol. The summed E-state index contributed by atoms with van der Waals surface area (Å²) in [6, 6.07) is 0. The van der Waals surface area contributed by atoms with E-state index in [-0.39, 0.29) is 6.61 Å². The largest absolute Gasteiger partial charge is 0.463 e. The third kappa shape index (κ3) is 1.67. The van der Waals surface area contributed by atoms with E-state index in [1.54, 1.807) is 7.05 Å². The Morgan fingerprint density at radius 1 is 1.60 bits per heavy atom. The number of nitrogens with one attached hydrogen (secondary N) is 2. The lowest BCUT2D eigenvalue weighted by atomic mass is 10.5. The van der Waals surface area contributed by atoms with Gasteiger partial charge in [-0.1, -0.05) is 5.92 Å². The Hall–Kier alpha value is -2.29. The quantitative estimate of drug-likeness (QED) is 0.706. The molecule has 0 aliphatic rings. The van der Waals surface area contributed by atoms with E-state index in [0.29, 0.717) is 23.0 Å². The number of H-pyrrole nitrogens is 1. The van der Waals surface area contributed by atoms with Crippen LogP contribution in [0.1, 0.15) is 0 Å². The maximum Gasteiger partial charge on any atom is 0.246 e. The Morgan fingerprint density at radius 2 is 2.47 bits per heavy atom. The summed E-state index contributed by atoms with van der Waals surface area (Å²) < 4.78 is 5.27. The van der Waals surface area contributed by atoms with Gasteiger partial charge in [0.2, 0.25) is 11.8 Å². The molecule has 2 heterocycles. The molecular weight excluding hydrogens is 194 g/mol. The third-order valence-corrected chi connectivity index (χ3v) is 1.77. The fourth-order valence-corrected chi connectivity index (χ4v) is 1.13. The number of hydrogen-bond donors (Lipinski definition) is 2. The number of aromatic nitrogens is 4. The SMILES string of the molecule is C#CCOc1nc(NC)nc2nc[nH]c12. The van der Waals surface area contributed by atoms with Gasteiger partial charge in [-0.3, -0.25) is 0 Å². The highest BCUT2D eigenvalue weighted by atomic mass is 16.5. The molecule has 0 fully saturated rings. The van der Waals surface area contributed by atoms with Crippen LogP contribution in [0.25, 0.3) is 11.2 Å². The molecule has 0 spiro atoms. The summed E-state index contributed by atoms with van der Waals surface area (Å²) in [4.78, 5) is 15.2. The van der Waals surface area contributed by atoms with Crippen LogP contribution in [0.2, 0.25) is 0 Å². The van der Waals surface area contributed by atoms with Crippen molar-refractivity contribution in [1.29, 1.82) is 0 Å². The zero-order valence-corrected chi connectivity index (χ0v) is 8.11. The first-order valence-corrected chi connectivity index (χ1v) is 4.30. The van der Waals surface area contributed by atoms with Gasteiger partial charge >= 0.3 is 0 Å². The Kier molecular flexibility index (Phi) is 2.37. The van der Waals surface area contributed by atoms with Crippen LogP contribution in [-0.2, 0) is 0 Å². The molecule has 2 aromatic heterocycles. The molecule has 0 radical (unpaired) electrons. The highest BCUT2D eigenvalue weighted by Crippen LogP contribution is 2.20. The van der Waals surface area contributed by atoms with Crippen LogP contribution < -0.4 is 10.1 Å². The summed E-state index contributed by atoms with van der Waals surface area (Å²) in [7, 11) is 1.72. The zero-order chi connectivity index (χ0) is 10.7. The van der Waals surface area contributed by atoms with E-state index < -0.39 is 0 Å². The van der Waals surface area contributed by atoms with Gasteiger partial charge in [0, 0.05) is 7.05 Å². The number of ether oxygens (including phenoxy) is 1. The van der Waals surface area contributed by atoms with E-state index in [9.17, 15) is 0 Å². The van der Waals surface area contributed by atoms with Gasteiger partial charge in [-0.2, -0.15) is 9.97 Å². The first kappa shape index (κ1) is 9.27. The number of rotatable bonds is 3. The van der Waals surface area contributed by atoms with Crippen molar-refractivity contribution in [2.75, 3.05) is 19.0 Å². The second-order valence-corrected chi connectivity index (χ2v) is 2.70. The van der Waals surface area contributed by atoms with Gasteiger partial charge in [0.25, 0.3) is 0 Å². The van der Waals surface area contributed by atoms with Crippen molar-refractivity contribution >= 4 is 17.1 Å².